The Hall–Kier alpha value is -0.940. The summed E-state index contributed by atoms with van der Waals surface area (Å²) in [5.74, 6) is -1.17. The Morgan fingerprint density at radius 3 is 2.08 bits per heavy atom. The van der Waals surface area contributed by atoms with Gasteiger partial charge in [0.1, 0.15) is 11.5 Å². The first kappa shape index (κ1) is 10.1. The zero-order valence-corrected chi connectivity index (χ0v) is 8.01. The molecule has 1 aromatic carbocycles. The van der Waals surface area contributed by atoms with Gasteiger partial charge in [-0.3, -0.25) is 0 Å². The molecule has 0 saturated carbocycles. The van der Waals surface area contributed by atoms with Gasteiger partial charge in [0.25, 0.3) is 0 Å². The van der Waals surface area contributed by atoms with Crippen LogP contribution in [0.4, 0.5) is 0 Å². The molecule has 0 radical (unpaired) electrons. The summed E-state index contributed by atoms with van der Waals surface area (Å²) in [7, 11) is 1.19. The molecule has 0 spiro atoms. The molecule has 13 heavy (non-hydrogen) atoms. The number of benzene rings is 1. The van der Waals surface area contributed by atoms with E-state index in [0.29, 0.717) is 0 Å². The molecule has 1 rings (SSSR count). The largest absolute Gasteiger partial charge is 0.507 e. The van der Waals surface area contributed by atoms with E-state index in [1.165, 1.54) is 18.2 Å². The molecular formula is C7H7ClO4S. The molecule has 0 aliphatic carbocycles. The standard InChI is InChI=1S/C7H7ClO4S/c8-13(11,12)4-5-6(9)2-1-3-7(5)10/h1-3,9-10H,4H2. The lowest BCUT2D eigenvalue weighted by molar-refractivity contribution is 0.441. The Balaban J connectivity index is 3.15. The Bertz CT molecular complexity index is 392. The van der Waals surface area contributed by atoms with Gasteiger partial charge in [0.2, 0.25) is 9.05 Å². The van der Waals surface area contributed by atoms with Gasteiger partial charge in [-0.25, -0.2) is 8.42 Å². The van der Waals surface area contributed by atoms with Crippen molar-refractivity contribution in [2.75, 3.05) is 0 Å². The molecular weight excluding hydrogens is 216 g/mol. The maximum Gasteiger partial charge on any atom is 0.237 e. The quantitative estimate of drug-likeness (QED) is 0.737. The molecule has 4 nitrogen and oxygen atoms in total. The molecule has 6 heteroatoms. The molecule has 0 amide bonds. The number of hydrogen-bond donors (Lipinski definition) is 2. The molecule has 2 N–H and O–H groups in total. The summed E-state index contributed by atoms with van der Waals surface area (Å²) in [4.78, 5) is 0. The highest BCUT2D eigenvalue weighted by Gasteiger charge is 2.14. The number of phenolic OH excluding ortho intramolecular Hbond substituents is 2. The molecule has 0 aliphatic heterocycles. The predicted molar refractivity (Wildman–Crippen MR) is 48.2 cm³/mol. The van der Waals surface area contributed by atoms with Gasteiger partial charge in [0.05, 0.1) is 11.3 Å². The van der Waals surface area contributed by atoms with E-state index in [1.807, 2.05) is 0 Å². The summed E-state index contributed by atoms with van der Waals surface area (Å²) in [6.45, 7) is 0. The van der Waals surface area contributed by atoms with Crippen molar-refractivity contribution in [1.82, 2.24) is 0 Å². The van der Waals surface area contributed by atoms with Crippen LogP contribution >= 0.6 is 10.7 Å². The Labute approximate surface area is 79.8 Å². The van der Waals surface area contributed by atoms with E-state index in [0.717, 1.165) is 0 Å². The van der Waals surface area contributed by atoms with Crippen LogP contribution in [-0.4, -0.2) is 18.6 Å². The van der Waals surface area contributed by atoms with E-state index < -0.39 is 14.8 Å². The van der Waals surface area contributed by atoms with Crippen molar-refractivity contribution in [3.05, 3.63) is 23.8 Å². The third-order valence-electron chi connectivity index (χ3n) is 1.44. The minimum absolute atomic E-state index is 0.0856. The lowest BCUT2D eigenvalue weighted by Crippen LogP contribution is -1.95. The summed E-state index contributed by atoms with van der Waals surface area (Å²) in [5, 5.41) is 18.3. The van der Waals surface area contributed by atoms with E-state index >= 15 is 0 Å². The Morgan fingerprint density at radius 1 is 1.23 bits per heavy atom. The molecule has 0 unspecified atom stereocenters. The SMILES string of the molecule is O=S(=O)(Cl)Cc1c(O)cccc1O. The van der Waals surface area contributed by atoms with Gasteiger partial charge in [-0.05, 0) is 12.1 Å². The second kappa shape index (κ2) is 3.43. The highest BCUT2D eigenvalue weighted by Crippen LogP contribution is 2.28. The van der Waals surface area contributed by atoms with Crippen LogP contribution in [0.5, 0.6) is 11.5 Å². The van der Waals surface area contributed by atoms with Crippen molar-refractivity contribution < 1.29 is 18.6 Å². The smallest absolute Gasteiger partial charge is 0.237 e. The van der Waals surface area contributed by atoms with Crippen LogP contribution in [-0.2, 0) is 14.8 Å². The highest BCUT2D eigenvalue weighted by atomic mass is 35.7. The van der Waals surface area contributed by atoms with Gasteiger partial charge in [-0.2, -0.15) is 0 Å². The average molecular weight is 223 g/mol. The molecule has 0 fully saturated rings. The summed E-state index contributed by atoms with van der Waals surface area (Å²) < 4.78 is 21.3. The van der Waals surface area contributed by atoms with Crippen molar-refractivity contribution in [2.24, 2.45) is 0 Å². The highest BCUT2D eigenvalue weighted by molar-refractivity contribution is 8.13. The fourth-order valence-electron chi connectivity index (χ4n) is 0.883. The van der Waals surface area contributed by atoms with Gasteiger partial charge < -0.3 is 10.2 Å². The Kier molecular flexibility index (Phi) is 2.68. The molecule has 0 heterocycles. The van der Waals surface area contributed by atoms with Gasteiger partial charge in [-0.15, -0.1) is 0 Å². The lowest BCUT2D eigenvalue weighted by Gasteiger charge is -2.03. The number of rotatable bonds is 2. The minimum atomic E-state index is -3.77. The molecule has 0 atom stereocenters. The van der Waals surface area contributed by atoms with E-state index in [2.05, 4.69) is 0 Å². The fraction of sp³-hybridized carbons (Fsp3) is 0.143. The number of phenols is 2. The van der Waals surface area contributed by atoms with Gasteiger partial charge in [0, 0.05) is 10.7 Å². The van der Waals surface area contributed by atoms with Crippen LogP contribution in [0.2, 0.25) is 0 Å². The van der Waals surface area contributed by atoms with Crippen LogP contribution in [0, 0.1) is 0 Å². The summed E-state index contributed by atoms with van der Waals surface area (Å²) in [6.07, 6.45) is 0. The summed E-state index contributed by atoms with van der Waals surface area (Å²) in [5.41, 5.74) is -0.0856. The zero-order chi connectivity index (χ0) is 10.1. The summed E-state index contributed by atoms with van der Waals surface area (Å²) in [6, 6.07) is 3.95. The monoisotopic (exact) mass is 222 g/mol. The van der Waals surface area contributed by atoms with E-state index in [1.54, 1.807) is 0 Å². The molecule has 0 aromatic heterocycles. The van der Waals surface area contributed by atoms with E-state index in [9.17, 15) is 18.6 Å². The molecule has 0 bridgehead atoms. The molecule has 72 valence electrons. The minimum Gasteiger partial charge on any atom is -0.507 e. The molecule has 0 saturated heterocycles. The van der Waals surface area contributed by atoms with Crippen LogP contribution in [0.15, 0.2) is 18.2 Å². The van der Waals surface area contributed by atoms with Crippen molar-refractivity contribution in [3.8, 4) is 11.5 Å². The maximum absolute atomic E-state index is 10.6. The second-order valence-corrected chi connectivity index (χ2v) is 5.23. The zero-order valence-electron chi connectivity index (χ0n) is 6.44. The molecule has 1 aromatic rings. The normalized spacial score (nSPS) is 11.5. The van der Waals surface area contributed by atoms with Gasteiger partial charge in [0.15, 0.2) is 0 Å². The first-order valence-electron chi connectivity index (χ1n) is 3.32. The van der Waals surface area contributed by atoms with Crippen molar-refractivity contribution in [1.29, 1.82) is 0 Å². The number of hydrogen-bond acceptors (Lipinski definition) is 4. The first-order valence-corrected chi connectivity index (χ1v) is 5.80. The van der Waals surface area contributed by atoms with Gasteiger partial charge in [-0.1, -0.05) is 6.07 Å². The second-order valence-electron chi connectivity index (χ2n) is 2.46. The van der Waals surface area contributed by atoms with Crippen molar-refractivity contribution >= 4 is 19.7 Å². The Morgan fingerprint density at radius 2 is 1.69 bits per heavy atom. The van der Waals surface area contributed by atoms with Crippen LogP contribution in [0.25, 0.3) is 0 Å². The topological polar surface area (TPSA) is 74.6 Å². The summed E-state index contributed by atoms with van der Waals surface area (Å²) >= 11 is 0. The molecule has 0 aliphatic rings. The average Bonchev–Trinajstić information content (AvgIpc) is 1.95. The lowest BCUT2D eigenvalue weighted by atomic mass is 10.2. The van der Waals surface area contributed by atoms with E-state index in [4.69, 9.17) is 10.7 Å². The van der Waals surface area contributed by atoms with Crippen LogP contribution in [0.3, 0.4) is 0 Å². The fourth-order valence-corrected chi connectivity index (χ4v) is 1.85. The maximum atomic E-state index is 10.6. The van der Waals surface area contributed by atoms with Gasteiger partial charge >= 0.3 is 0 Å². The van der Waals surface area contributed by atoms with Crippen LogP contribution < -0.4 is 0 Å². The first-order chi connectivity index (χ1) is 5.90. The van der Waals surface area contributed by atoms with Crippen molar-refractivity contribution in [3.63, 3.8) is 0 Å². The third kappa shape index (κ3) is 2.78. The number of aromatic hydroxyl groups is 2. The van der Waals surface area contributed by atoms with Crippen LogP contribution in [0.1, 0.15) is 5.56 Å². The number of halogens is 1. The van der Waals surface area contributed by atoms with E-state index in [-0.39, 0.29) is 17.1 Å². The predicted octanol–water partition coefficient (Wildman–Crippen LogP) is 1.17. The third-order valence-corrected chi connectivity index (χ3v) is 2.40. The van der Waals surface area contributed by atoms with Crippen molar-refractivity contribution in [2.45, 2.75) is 5.75 Å².